The van der Waals surface area contributed by atoms with Crippen molar-refractivity contribution in [1.29, 1.82) is 0 Å². The van der Waals surface area contributed by atoms with Crippen LogP contribution in [0.4, 0.5) is 0 Å². The Bertz CT molecular complexity index is 554. The van der Waals surface area contributed by atoms with E-state index >= 15 is 0 Å². The summed E-state index contributed by atoms with van der Waals surface area (Å²) in [6.45, 7) is 1.11. The number of thiophene rings is 1. The molecule has 0 radical (unpaired) electrons. The van der Waals surface area contributed by atoms with Crippen molar-refractivity contribution in [2.75, 3.05) is 13.7 Å². The highest BCUT2D eigenvalue weighted by Crippen LogP contribution is 2.38. The minimum absolute atomic E-state index is 0.530. The highest BCUT2D eigenvalue weighted by atomic mass is 79.9. The molecule has 0 aliphatic carbocycles. The fraction of sp³-hybridized carbons (Fsp3) is 0.364. The van der Waals surface area contributed by atoms with Crippen LogP contribution < -0.4 is 0 Å². The molecule has 0 amide bonds. The molecule has 0 aliphatic heterocycles. The van der Waals surface area contributed by atoms with Crippen molar-refractivity contribution in [3.8, 4) is 0 Å². The Balaban J connectivity index is 2.32. The SMILES string of the molecule is COCCn1ncc(Br)c1C(O)c1cc(Br)c(Cl)s1. The number of hydrogen-bond acceptors (Lipinski definition) is 4. The largest absolute Gasteiger partial charge is 0.383 e. The average Bonchev–Trinajstić information content (AvgIpc) is 2.90. The summed E-state index contributed by atoms with van der Waals surface area (Å²) < 4.78 is 8.92. The Labute approximate surface area is 136 Å². The van der Waals surface area contributed by atoms with Gasteiger partial charge in [0.15, 0.2) is 0 Å². The number of halogens is 3. The first-order valence-electron chi connectivity index (χ1n) is 5.37. The zero-order chi connectivity index (χ0) is 14.0. The second-order valence-corrected chi connectivity index (χ2v) is 7.16. The first kappa shape index (κ1) is 15.5. The minimum atomic E-state index is -0.775. The van der Waals surface area contributed by atoms with E-state index in [9.17, 15) is 5.11 Å². The number of methoxy groups -OCH3 is 1. The summed E-state index contributed by atoms with van der Waals surface area (Å²) in [6.07, 6.45) is 0.890. The van der Waals surface area contributed by atoms with Gasteiger partial charge in [-0.15, -0.1) is 11.3 Å². The van der Waals surface area contributed by atoms with E-state index in [1.807, 2.05) is 6.07 Å². The zero-order valence-electron chi connectivity index (χ0n) is 9.94. The molecule has 1 atom stereocenters. The third kappa shape index (κ3) is 3.40. The maximum Gasteiger partial charge on any atom is 0.131 e. The normalized spacial score (nSPS) is 12.9. The van der Waals surface area contributed by atoms with E-state index in [-0.39, 0.29) is 0 Å². The van der Waals surface area contributed by atoms with Crippen molar-refractivity contribution < 1.29 is 9.84 Å². The Morgan fingerprint density at radius 1 is 1.53 bits per heavy atom. The second kappa shape index (κ2) is 6.69. The third-order valence-corrected chi connectivity index (χ3v) is 5.67. The van der Waals surface area contributed by atoms with Crippen LogP contribution in [0.25, 0.3) is 0 Å². The average molecular weight is 431 g/mol. The third-order valence-electron chi connectivity index (χ3n) is 2.53. The van der Waals surface area contributed by atoms with Crippen molar-refractivity contribution in [3.05, 3.63) is 36.1 Å². The summed E-state index contributed by atoms with van der Waals surface area (Å²) in [6, 6.07) is 1.82. The molecule has 0 fully saturated rings. The van der Waals surface area contributed by atoms with Crippen LogP contribution in [0, 0.1) is 0 Å². The van der Waals surface area contributed by atoms with Crippen molar-refractivity contribution in [2.24, 2.45) is 0 Å². The van der Waals surface area contributed by atoms with E-state index in [2.05, 4.69) is 37.0 Å². The van der Waals surface area contributed by atoms with Gasteiger partial charge >= 0.3 is 0 Å². The van der Waals surface area contributed by atoms with Crippen LogP contribution in [0.1, 0.15) is 16.7 Å². The van der Waals surface area contributed by atoms with Gasteiger partial charge in [0.25, 0.3) is 0 Å². The number of hydrogen-bond donors (Lipinski definition) is 1. The highest BCUT2D eigenvalue weighted by Gasteiger charge is 2.22. The highest BCUT2D eigenvalue weighted by molar-refractivity contribution is 9.10. The Morgan fingerprint density at radius 3 is 2.84 bits per heavy atom. The Morgan fingerprint density at radius 2 is 2.26 bits per heavy atom. The zero-order valence-corrected chi connectivity index (χ0v) is 14.7. The second-order valence-electron chi connectivity index (χ2n) is 3.77. The molecule has 2 heterocycles. The van der Waals surface area contributed by atoms with Crippen molar-refractivity contribution in [3.63, 3.8) is 0 Å². The van der Waals surface area contributed by atoms with Crippen LogP contribution in [0.3, 0.4) is 0 Å². The van der Waals surface area contributed by atoms with Crippen LogP contribution in [0.15, 0.2) is 21.2 Å². The number of aliphatic hydroxyl groups is 1. The molecule has 0 bridgehead atoms. The molecular formula is C11H11Br2ClN2O2S. The molecule has 0 spiro atoms. The van der Waals surface area contributed by atoms with E-state index in [0.29, 0.717) is 23.2 Å². The smallest absolute Gasteiger partial charge is 0.131 e. The maximum atomic E-state index is 10.5. The first-order chi connectivity index (χ1) is 9.04. The van der Waals surface area contributed by atoms with Crippen LogP contribution in [0.5, 0.6) is 0 Å². The topological polar surface area (TPSA) is 47.3 Å². The summed E-state index contributed by atoms with van der Waals surface area (Å²) in [4.78, 5) is 0.761. The van der Waals surface area contributed by atoms with Crippen LogP contribution >= 0.6 is 54.8 Å². The molecule has 19 heavy (non-hydrogen) atoms. The molecule has 104 valence electrons. The maximum absolute atomic E-state index is 10.5. The van der Waals surface area contributed by atoms with E-state index in [1.165, 1.54) is 11.3 Å². The van der Waals surface area contributed by atoms with Crippen molar-refractivity contribution in [2.45, 2.75) is 12.6 Å². The van der Waals surface area contributed by atoms with Gasteiger partial charge < -0.3 is 9.84 Å². The van der Waals surface area contributed by atoms with Crippen LogP contribution in [0.2, 0.25) is 4.34 Å². The van der Waals surface area contributed by atoms with Gasteiger partial charge in [0.1, 0.15) is 10.4 Å². The monoisotopic (exact) mass is 428 g/mol. The van der Waals surface area contributed by atoms with Gasteiger partial charge in [-0.25, -0.2) is 0 Å². The lowest BCUT2D eigenvalue weighted by Gasteiger charge is -2.12. The number of ether oxygens (including phenoxy) is 1. The summed E-state index contributed by atoms with van der Waals surface area (Å²) in [5.41, 5.74) is 0.697. The minimum Gasteiger partial charge on any atom is -0.383 e. The molecule has 8 heteroatoms. The van der Waals surface area contributed by atoms with Crippen LogP contribution in [-0.2, 0) is 11.3 Å². The standard InChI is InChI=1S/C11H11Br2ClN2O2S/c1-18-3-2-16-9(7(13)5-15-16)10(17)8-4-6(12)11(14)19-8/h4-5,10,17H,2-3H2,1H3. The fourth-order valence-corrected chi connectivity index (χ4v) is 3.87. The van der Waals surface area contributed by atoms with Gasteiger partial charge in [-0.3, -0.25) is 4.68 Å². The van der Waals surface area contributed by atoms with Gasteiger partial charge in [-0.05, 0) is 37.9 Å². The number of aromatic nitrogens is 2. The quantitative estimate of drug-likeness (QED) is 0.784. The Hall–Kier alpha value is 0.0800. The molecule has 2 aromatic rings. The molecule has 0 aromatic carbocycles. The number of aliphatic hydroxyl groups excluding tert-OH is 1. The summed E-state index contributed by atoms with van der Waals surface area (Å²) in [5, 5.41) is 14.7. The van der Waals surface area contributed by atoms with Crippen LogP contribution in [-0.4, -0.2) is 28.6 Å². The van der Waals surface area contributed by atoms with E-state index in [0.717, 1.165) is 13.8 Å². The summed E-state index contributed by atoms with van der Waals surface area (Å²) >= 11 is 14.1. The van der Waals surface area contributed by atoms with Gasteiger partial charge in [-0.2, -0.15) is 5.10 Å². The summed E-state index contributed by atoms with van der Waals surface area (Å²) in [5.74, 6) is 0. The van der Waals surface area contributed by atoms with Crippen molar-refractivity contribution >= 4 is 54.8 Å². The lowest BCUT2D eigenvalue weighted by Crippen LogP contribution is -2.13. The predicted molar refractivity (Wildman–Crippen MR) is 82.9 cm³/mol. The molecule has 0 saturated heterocycles. The van der Waals surface area contributed by atoms with E-state index < -0.39 is 6.10 Å². The predicted octanol–water partition coefficient (Wildman–Crippen LogP) is 3.85. The molecule has 0 saturated carbocycles. The van der Waals surface area contributed by atoms with Crippen molar-refractivity contribution in [1.82, 2.24) is 9.78 Å². The van der Waals surface area contributed by atoms with E-state index in [4.69, 9.17) is 16.3 Å². The summed E-state index contributed by atoms with van der Waals surface area (Å²) in [7, 11) is 1.63. The molecule has 2 rings (SSSR count). The number of rotatable bonds is 5. The lowest BCUT2D eigenvalue weighted by molar-refractivity contribution is 0.172. The number of nitrogens with zero attached hydrogens (tertiary/aromatic N) is 2. The molecule has 2 aromatic heterocycles. The fourth-order valence-electron chi connectivity index (χ4n) is 1.63. The molecule has 4 nitrogen and oxygen atoms in total. The molecular weight excluding hydrogens is 419 g/mol. The molecule has 1 N–H and O–H groups in total. The lowest BCUT2D eigenvalue weighted by atomic mass is 10.2. The molecule has 0 aliphatic rings. The molecule has 1 unspecified atom stereocenters. The first-order valence-corrected chi connectivity index (χ1v) is 8.15. The van der Waals surface area contributed by atoms with Gasteiger partial charge in [-0.1, -0.05) is 11.6 Å². The van der Waals surface area contributed by atoms with E-state index in [1.54, 1.807) is 18.0 Å². The Kier molecular flexibility index (Phi) is 5.45. The van der Waals surface area contributed by atoms with Gasteiger partial charge in [0.05, 0.1) is 29.5 Å². The van der Waals surface area contributed by atoms with Gasteiger partial charge in [0.2, 0.25) is 0 Å². The van der Waals surface area contributed by atoms with Gasteiger partial charge in [0, 0.05) is 16.5 Å².